The molecular weight excluding hydrogens is 272 g/mol. The zero-order chi connectivity index (χ0) is 15.8. The molecule has 6 nitrogen and oxygen atoms in total. The normalized spacial score (nSPS) is 21.0. The van der Waals surface area contributed by atoms with Crippen LogP contribution < -0.4 is 19.7 Å². The second-order valence-corrected chi connectivity index (χ2v) is 5.50. The first-order valence-corrected chi connectivity index (χ1v) is 6.69. The predicted octanol–water partition coefficient (Wildman–Crippen LogP) is 1.33. The lowest BCUT2D eigenvalue weighted by molar-refractivity contribution is -0.136. The molecular formula is C15H20N2O4. The van der Waals surface area contributed by atoms with Gasteiger partial charge in [-0.2, -0.15) is 0 Å². The van der Waals surface area contributed by atoms with Gasteiger partial charge in [0.15, 0.2) is 0 Å². The zero-order valence-corrected chi connectivity index (χ0v) is 12.9. The Morgan fingerprint density at radius 3 is 2.43 bits per heavy atom. The van der Waals surface area contributed by atoms with Crippen LogP contribution in [0.4, 0.5) is 5.69 Å². The third-order valence-electron chi connectivity index (χ3n) is 3.60. The van der Waals surface area contributed by atoms with Gasteiger partial charge < -0.3 is 14.8 Å². The Bertz CT molecular complexity index is 583. The van der Waals surface area contributed by atoms with Crippen LogP contribution in [0.3, 0.4) is 0 Å². The van der Waals surface area contributed by atoms with Gasteiger partial charge in [-0.1, -0.05) is 0 Å². The van der Waals surface area contributed by atoms with E-state index in [2.05, 4.69) is 5.32 Å². The Hall–Kier alpha value is -2.24. The van der Waals surface area contributed by atoms with Crippen LogP contribution in [-0.2, 0) is 9.59 Å². The molecule has 1 aromatic rings. The average molecular weight is 292 g/mol. The first kappa shape index (κ1) is 15.2. The summed E-state index contributed by atoms with van der Waals surface area (Å²) in [4.78, 5) is 26.2. The molecule has 0 saturated carbocycles. The Labute approximate surface area is 124 Å². The van der Waals surface area contributed by atoms with Crippen molar-refractivity contribution in [3.05, 3.63) is 18.2 Å². The Morgan fingerprint density at radius 1 is 1.19 bits per heavy atom. The molecule has 114 valence electrons. The van der Waals surface area contributed by atoms with E-state index in [0.29, 0.717) is 17.2 Å². The Kier molecular flexibility index (Phi) is 3.80. The standard InChI is InChI=1S/C15H20N2O4/c1-9-13(18)16-15(2,3)14(19)17(9)11-7-6-10(20-4)8-12(11)21-5/h6-9H,1-5H3,(H,16,18). The van der Waals surface area contributed by atoms with Crippen molar-refractivity contribution < 1.29 is 19.1 Å². The fourth-order valence-electron chi connectivity index (χ4n) is 2.36. The van der Waals surface area contributed by atoms with Crippen molar-refractivity contribution in [3.63, 3.8) is 0 Å². The number of rotatable bonds is 3. The molecule has 1 aliphatic rings. The summed E-state index contributed by atoms with van der Waals surface area (Å²) >= 11 is 0. The van der Waals surface area contributed by atoms with Crippen molar-refractivity contribution in [2.45, 2.75) is 32.4 Å². The van der Waals surface area contributed by atoms with Gasteiger partial charge in [0.2, 0.25) is 5.91 Å². The largest absolute Gasteiger partial charge is 0.497 e. The molecule has 1 unspecified atom stereocenters. The highest BCUT2D eigenvalue weighted by Crippen LogP contribution is 2.35. The smallest absolute Gasteiger partial charge is 0.253 e. The van der Waals surface area contributed by atoms with E-state index in [0.717, 1.165) is 0 Å². The number of hydrogen-bond donors (Lipinski definition) is 1. The van der Waals surface area contributed by atoms with E-state index < -0.39 is 11.6 Å². The molecule has 0 bridgehead atoms. The maximum absolute atomic E-state index is 12.7. The minimum absolute atomic E-state index is 0.182. The van der Waals surface area contributed by atoms with Crippen molar-refractivity contribution in [1.82, 2.24) is 5.32 Å². The number of benzene rings is 1. The van der Waals surface area contributed by atoms with E-state index in [4.69, 9.17) is 9.47 Å². The lowest BCUT2D eigenvalue weighted by Crippen LogP contribution is -2.67. The van der Waals surface area contributed by atoms with Gasteiger partial charge in [0.1, 0.15) is 23.1 Å². The van der Waals surface area contributed by atoms with Gasteiger partial charge in [-0.3, -0.25) is 14.5 Å². The predicted molar refractivity (Wildman–Crippen MR) is 78.7 cm³/mol. The number of carbonyl (C=O) groups is 2. The molecule has 0 aliphatic carbocycles. The summed E-state index contributed by atoms with van der Waals surface area (Å²) in [5.41, 5.74) is -0.395. The molecule has 2 amide bonds. The van der Waals surface area contributed by atoms with Gasteiger partial charge in [-0.05, 0) is 32.9 Å². The molecule has 0 radical (unpaired) electrons. The first-order chi connectivity index (χ1) is 9.81. The maximum Gasteiger partial charge on any atom is 0.253 e. The zero-order valence-electron chi connectivity index (χ0n) is 12.9. The lowest BCUT2D eigenvalue weighted by atomic mass is 9.96. The third kappa shape index (κ3) is 2.53. The summed E-state index contributed by atoms with van der Waals surface area (Å²) in [6.45, 7) is 5.05. The highest BCUT2D eigenvalue weighted by atomic mass is 16.5. The van der Waals surface area contributed by atoms with Crippen LogP contribution in [0.5, 0.6) is 11.5 Å². The molecule has 21 heavy (non-hydrogen) atoms. The number of nitrogens with zero attached hydrogens (tertiary/aromatic N) is 1. The monoisotopic (exact) mass is 292 g/mol. The lowest BCUT2D eigenvalue weighted by Gasteiger charge is -2.41. The molecule has 1 aliphatic heterocycles. The highest BCUT2D eigenvalue weighted by molar-refractivity contribution is 6.10. The van der Waals surface area contributed by atoms with Gasteiger partial charge in [0.25, 0.3) is 5.91 Å². The molecule has 2 rings (SSSR count). The van der Waals surface area contributed by atoms with Gasteiger partial charge in [0.05, 0.1) is 19.9 Å². The molecule has 1 fully saturated rings. The molecule has 6 heteroatoms. The molecule has 1 aromatic carbocycles. The van der Waals surface area contributed by atoms with Crippen LogP contribution in [0.1, 0.15) is 20.8 Å². The number of methoxy groups -OCH3 is 2. The number of piperazine rings is 1. The summed E-state index contributed by atoms with van der Waals surface area (Å²) in [6, 6.07) is 4.54. The summed E-state index contributed by atoms with van der Waals surface area (Å²) in [5.74, 6) is 0.729. The SMILES string of the molecule is COc1ccc(N2C(=O)C(C)(C)NC(=O)C2C)c(OC)c1. The van der Waals surface area contributed by atoms with Crippen molar-refractivity contribution in [3.8, 4) is 11.5 Å². The van der Waals surface area contributed by atoms with E-state index in [9.17, 15) is 9.59 Å². The summed E-state index contributed by atoms with van der Waals surface area (Å²) in [7, 11) is 3.07. The van der Waals surface area contributed by atoms with Crippen LogP contribution in [0.25, 0.3) is 0 Å². The van der Waals surface area contributed by atoms with Crippen molar-refractivity contribution in [2.24, 2.45) is 0 Å². The first-order valence-electron chi connectivity index (χ1n) is 6.69. The number of nitrogens with one attached hydrogen (secondary N) is 1. The van der Waals surface area contributed by atoms with Gasteiger partial charge in [0, 0.05) is 6.07 Å². The van der Waals surface area contributed by atoms with Crippen molar-refractivity contribution >= 4 is 17.5 Å². The fraction of sp³-hybridized carbons (Fsp3) is 0.467. The second kappa shape index (κ2) is 5.27. The van der Waals surface area contributed by atoms with Crippen LogP contribution in [0, 0.1) is 0 Å². The number of carbonyl (C=O) groups excluding carboxylic acids is 2. The number of hydrogen-bond acceptors (Lipinski definition) is 4. The number of ether oxygens (including phenoxy) is 2. The third-order valence-corrected chi connectivity index (χ3v) is 3.60. The van der Waals surface area contributed by atoms with Gasteiger partial charge in [-0.15, -0.1) is 0 Å². The molecule has 1 heterocycles. The van der Waals surface area contributed by atoms with Gasteiger partial charge in [-0.25, -0.2) is 0 Å². The van der Waals surface area contributed by atoms with E-state index in [1.54, 1.807) is 46.1 Å². The molecule has 1 saturated heterocycles. The van der Waals surface area contributed by atoms with Crippen LogP contribution in [0.15, 0.2) is 18.2 Å². The number of amides is 2. The maximum atomic E-state index is 12.7. The number of anilines is 1. The van der Waals surface area contributed by atoms with Crippen LogP contribution in [-0.4, -0.2) is 37.6 Å². The van der Waals surface area contributed by atoms with Crippen molar-refractivity contribution in [1.29, 1.82) is 0 Å². The minimum Gasteiger partial charge on any atom is -0.497 e. The van der Waals surface area contributed by atoms with E-state index in [1.165, 1.54) is 12.0 Å². The molecule has 0 aromatic heterocycles. The highest BCUT2D eigenvalue weighted by Gasteiger charge is 2.44. The fourth-order valence-corrected chi connectivity index (χ4v) is 2.36. The Balaban J connectivity index is 2.52. The second-order valence-electron chi connectivity index (χ2n) is 5.50. The molecule has 1 atom stereocenters. The quantitative estimate of drug-likeness (QED) is 0.912. The average Bonchev–Trinajstić information content (AvgIpc) is 2.45. The van der Waals surface area contributed by atoms with Crippen LogP contribution in [0.2, 0.25) is 0 Å². The van der Waals surface area contributed by atoms with E-state index in [1.807, 2.05) is 0 Å². The van der Waals surface area contributed by atoms with Crippen LogP contribution >= 0.6 is 0 Å². The van der Waals surface area contributed by atoms with Gasteiger partial charge >= 0.3 is 0 Å². The van der Waals surface area contributed by atoms with Crippen molar-refractivity contribution in [2.75, 3.05) is 19.1 Å². The summed E-state index contributed by atoms with van der Waals surface area (Å²) in [5, 5.41) is 2.72. The Morgan fingerprint density at radius 2 is 1.86 bits per heavy atom. The topological polar surface area (TPSA) is 67.9 Å². The van der Waals surface area contributed by atoms with E-state index in [-0.39, 0.29) is 11.8 Å². The molecule has 0 spiro atoms. The molecule has 1 N–H and O–H groups in total. The van der Waals surface area contributed by atoms with E-state index >= 15 is 0 Å². The summed E-state index contributed by atoms with van der Waals surface area (Å²) in [6.07, 6.45) is 0. The minimum atomic E-state index is -0.950. The summed E-state index contributed by atoms with van der Waals surface area (Å²) < 4.78 is 10.5.